The summed E-state index contributed by atoms with van der Waals surface area (Å²) >= 11 is 0. The molecule has 2 atom stereocenters. The normalized spacial score (nSPS) is 13.6. The van der Waals surface area contributed by atoms with E-state index in [2.05, 4.69) is 10.6 Å². The van der Waals surface area contributed by atoms with Crippen LogP contribution in [0.15, 0.2) is 90.5 Å². The first-order valence-electron chi connectivity index (χ1n) is 10.8. The zero-order valence-corrected chi connectivity index (χ0v) is 18.8. The number of hydrogen-bond donors (Lipinski definition) is 2. The molecule has 0 spiro atoms. The first kappa shape index (κ1) is 24.8. The molecule has 0 saturated carbocycles. The Bertz CT molecular complexity index is 1100. The van der Waals surface area contributed by atoms with Crippen LogP contribution >= 0.6 is 0 Å². The van der Waals surface area contributed by atoms with Crippen molar-refractivity contribution in [3.8, 4) is 0 Å². The van der Waals surface area contributed by atoms with Crippen LogP contribution in [0.2, 0.25) is 0 Å². The van der Waals surface area contributed by atoms with Crippen molar-refractivity contribution in [1.29, 1.82) is 0 Å². The zero-order chi connectivity index (χ0) is 24.7. The lowest BCUT2D eigenvalue weighted by Crippen LogP contribution is -2.37. The van der Waals surface area contributed by atoms with Crippen LogP contribution in [0.5, 0.6) is 0 Å². The van der Waals surface area contributed by atoms with Gasteiger partial charge in [0, 0.05) is 0 Å². The highest BCUT2D eigenvalue weighted by Crippen LogP contribution is 2.33. The standard InChI is InChI=1S/C27H25F3N2O2/c1-18(20-11-5-3-6-12-20)31-25(33)23(17-22-15-9-10-16-24(22)27(28,29)30)26(34)32-19(2)21-13-7-4-8-14-21/h3-19H,1-2H3,(H,31,33)(H,32,34)/t18-,19+. The smallest absolute Gasteiger partial charge is 0.345 e. The van der Waals surface area contributed by atoms with Gasteiger partial charge in [-0.25, -0.2) is 0 Å². The van der Waals surface area contributed by atoms with E-state index < -0.39 is 41.2 Å². The van der Waals surface area contributed by atoms with E-state index in [1.54, 1.807) is 13.8 Å². The van der Waals surface area contributed by atoms with Gasteiger partial charge in [-0.15, -0.1) is 0 Å². The van der Waals surface area contributed by atoms with E-state index in [9.17, 15) is 22.8 Å². The second kappa shape index (κ2) is 10.8. The van der Waals surface area contributed by atoms with E-state index in [-0.39, 0.29) is 5.56 Å². The molecule has 0 fully saturated rings. The molecule has 3 aromatic rings. The lowest BCUT2D eigenvalue weighted by atomic mass is 10.0. The summed E-state index contributed by atoms with van der Waals surface area (Å²) in [6.07, 6.45) is -3.65. The first-order chi connectivity index (χ1) is 16.2. The van der Waals surface area contributed by atoms with Crippen LogP contribution in [0.1, 0.15) is 48.2 Å². The van der Waals surface area contributed by atoms with Crippen molar-refractivity contribution in [3.05, 3.63) is 113 Å². The Labute approximate surface area is 196 Å². The zero-order valence-electron chi connectivity index (χ0n) is 18.8. The third kappa shape index (κ3) is 6.34. The van der Waals surface area contributed by atoms with Gasteiger partial charge in [-0.05, 0) is 42.7 Å². The Morgan fingerprint density at radius 3 is 1.56 bits per heavy atom. The number of carbonyl (C=O) groups is 2. The lowest BCUT2D eigenvalue weighted by Gasteiger charge is -2.19. The van der Waals surface area contributed by atoms with E-state index in [1.807, 2.05) is 60.7 Å². The summed E-state index contributed by atoms with van der Waals surface area (Å²) in [7, 11) is 0. The third-order valence-electron chi connectivity index (χ3n) is 5.35. The Morgan fingerprint density at radius 2 is 1.12 bits per heavy atom. The summed E-state index contributed by atoms with van der Waals surface area (Å²) in [6.45, 7) is 3.47. The van der Waals surface area contributed by atoms with Crippen molar-refractivity contribution in [2.24, 2.45) is 0 Å². The molecule has 7 heteroatoms. The van der Waals surface area contributed by atoms with Gasteiger partial charge in [-0.1, -0.05) is 78.9 Å². The molecule has 0 aromatic heterocycles. The Balaban J connectivity index is 1.95. The molecule has 2 amide bonds. The molecular weight excluding hydrogens is 441 g/mol. The topological polar surface area (TPSA) is 58.2 Å². The highest BCUT2D eigenvalue weighted by atomic mass is 19.4. The first-order valence-corrected chi connectivity index (χ1v) is 10.8. The van der Waals surface area contributed by atoms with Crippen molar-refractivity contribution in [2.75, 3.05) is 0 Å². The molecule has 0 radical (unpaired) electrons. The van der Waals surface area contributed by atoms with Crippen LogP contribution in [-0.4, -0.2) is 11.8 Å². The van der Waals surface area contributed by atoms with Gasteiger partial charge in [0.1, 0.15) is 5.57 Å². The average molecular weight is 467 g/mol. The molecule has 34 heavy (non-hydrogen) atoms. The molecule has 0 aliphatic heterocycles. The van der Waals surface area contributed by atoms with E-state index in [0.29, 0.717) is 0 Å². The summed E-state index contributed by atoms with van der Waals surface area (Å²) in [4.78, 5) is 26.3. The van der Waals surface area contributed by atoms with Crippen molar-refractivity contribution >= 4 is 17.9 Å². The summed E-state index contributed by atoms with van der Waals surface area (Å²) in [6, 6.07) is 22.0. The molecule has 0 heterocycles. The molecule has 2 N–H and O–H groups in total. The van der Waals surface area contributed by atoms with Gasteiger partial charge in [0.05, 0.1) is 17.6 Å². The van der Waals surface area contributed by atoms with E-state index >= 15 is 0 Å². The number of amides is 2. The Morgan fingerprint density at radius 1 is 0.706 bits per heavy atom. The maximum atomic E-state index is 13.5. The fourth-order valence-electron chi connectivity index (χ4n) is 3.47. The molecule has 0 aliphatic rings. The summed E-state index contributed by atoms with van der Waals surface area (Å²) in [5, 5.41) is 5.44. The van der Waals surface area contributed by atoms with Crippen molar-refractivity contribution < 1.29 is 22.8 Å². The van der Waals surface area contributed by atoms with Crippen molar-refractivity contribution in [3.63, 3.8) is 0 Å². The second-order valence-electron chi connectivity index (χ2n) is 7.85. The molecule has 4 nitrogen and oxygen atoms in total. The van der Waals surface area contributed by atoms with Gasteiger partial charge in [0.15, 0.2) is 0 Å². The van der Waals surface area contributed by atoms with E-state index in [0.717, 1.165) is 23.3 Å². The largest absolute Gasteiger partial charge is 0.416 e. The van der Waals surface area contributed by atoms with Crippen LogP contribution in [0, 0.1) is 0 Å². The highest BCUT2D eigenvalue weighted by molar-refractivity contribution is 6.21. The number of rotatable bonds is 7. The van der Waals surface area contributed by atoms with Crippen molar-refractivity contribution in [2.45, 2.75) is 32.1 Å². The minimum atomic E-state index is -4.64. The highest BCUT2D eigenvalue weighted by Gasteiger charge is 2.33. The molecule has 176 valence electrons. The number of alkyl halides is 3. The van der Waals surface area contributed by atoms with Crippen molar-refractivity contribution in [1.82, 2.24) is 10.6 Å². The number of nitrogens with one attached hydrogen (secondary N) is 2. The summed E-state index contributed by atoms with van der Waals surface area (Å²) in [5.74, 6) is -1.54. The van der Waals surface area contributed by atoms with Crippen LogP contribution in [-0.2, 0) is 15.8 Å². The predicted molar refractivity (Wildman–Crippen MR) is 125 cm³/mol. The van der Waals surface area contributed by atoms with Gasteiger partial charge in [0.2, 0.25) is 0 Å². The molecule has 0 aliphatic carbocycles. The molecule has 0 bridgehead atoms. The molecule has 0 saturated heterocycles. The maximum Gasteiger partial charge on any atom is 0.416 e. The fraction of sp³-hybridized carbons (Fsp3) is 0.185. The average Bonchev–Trinajstić information content (AvgIpc) is 2.83. The molecule has 0 unspecified atom stereocenters. The Hall–Kier alpha value is -3.87. The lowest BCUT2D eigenvalue weighted by molar-refractivity contribution is -0.137. The Kier molecular flexibility index (Phi) is 7.89. The molecule has 3 rings (SSSR count). The predicted octanol–water partition coefficient (Wildman–Crippen LogP) is 5.84. The number of carbonyl (C=O) groups excluding carboxylic acids is 2. The minimum Gasteiger partial charge on any atom is -0.345 e. The van der Waals surface area contributed by atoms with Crippen LogP contribution in [0.3, 0.4) is 0 Å². The number of benzene rings is 3. The van der Waals surface area contributed by atoms with Gasteiger partial charge in [-0.3, -0.25) is 9.59 Å². The van der Waals surface area contributed by atoms with Crippen LogP contribution < -0.4 is 10.6 Å². The molecular formula is C27H25F3N2O2. The minimum absolute atomic E-state index is 0.268. The fourth-order valence-corrected chi connectivity index (χ4v) is 3.47. The molecule has 3 aromatic carbocycles. The second-order valence-corrected chi connectivity index (χ2v) is 7.85. The van der Waals surface area contributed by atoms with Crippen LogP contribution in [0.4, 0.5) is 13.2 Å². The summed E-state index contributed by atoms with van der Waals surface area (Å²) in [5.41, 5.74) is -0.0227. The van der Waals surface area contributed by atoms with Gasteiger partial charge < -0.3 is 10.6 Å². The van der Waals surface area contributed by atoms with Gasteiger partial charge in [0.25, 0.3) is 11.8 Å². The number of hydrogen-bond acceptors (Lipinski definition) is 2. The quantitative estimate of drug-likeness (QED) is 0.261. The van der Waals surface area contributed by atoms with E-state index in [4.69, 9.17) is 0 Å². The SMILES string of the molecule is C[C@H](NC(=O)C(=Cc1ccccc1C(F)(F)F)C(=O)N[C@H](C)c1ccccc1)c1ccccc1. The van der Waals surface area contributed by atoms with E-state index in [1.165, 1.54) is 18.2 Å². The summed E-state index contributed by atoms with van der Waals surface area (Å²) < 4.78 is 40.6. The number of halogens is 3. The van der Waals surface area contributed by atoms with Gasteiger partial charge in [-0.2, -0.15) is 13.2 Å². The van der Waals surface area contributed by atoms with Gasteiger partial charge >= 0.3 is 6.18 Å². The van der Waals surface area contributed by atoms with Crippen LogP contribution in [0.25, 0.3) is 6.08 Å². The monoisotopic (exact) mass is 466 g/mol. The maximum absolute atomic E-state index is 13.5. The third-order valence-corrected chi connectivity index (χ3v) is 5.35.